The molecule has 0 fully saturated rings. The van der Waals surface area contributed by atoms with E-state index in [0.717, 1.165) is 10.7 Å². The second-order valence-electron chi connectivity index (χ2n) is 3.19. The minimum Gasteiger partial charge on any atom is -0.324 e. The third kappa shape index (κ3) is 2.01. The van der Waals surface area contributed by atoms with Gasteiger partial charge in [0.25, 0.3) is 0 Å². The van der Waals surface area contributed by atoms with Crippen LogP contribution in [0.1, 0.15) is 13.3 Å². The van der Waals surface area contributed by atoms with Crippen molar-refractivity contribution in [2.75, 3.05) is 5.32 Å². The summed E-state index contributed by atoms with van der Waals surface area (Å²) in [6.07, 6.45) is 2.11. The Hall–Kier alpha value is -0.740. The van der Waals surface area contributed by atoms with Gasteiger partial charge in [-0.3, -0.25) is 4.79 Å². The van der Waals surface area contributed by atoms with Crippen molar-refractivity contribution in [2.24, 2.45) is 0 Å². The second kappa shape index (κ2) is 3.79. The number of carbonyl (C=O) groups is 1. The molecular formula is C9H9ClN2OS. The minimum absolute atomic E-state index is 0.0211. The fourth-order valence-corrected chi connectivity index (χ4v) is 2.43. The van der Waals surface area contributed by atoms with Crippen molar-refractivity contribution in [3.05, 3.63) is 17.3 Å². The van der Waals surface area contributed by atoms with E-state index in [9.17, 15) is 4.79 Å². The van der Waals surface area contributed by atoms with E-state index < -0.39 is 0 Å². The van der Waals surface area contributed by atoms with E-state index in [2.05, 4.69) is 10.3 Å². The summed E-state index contributed by atoms with van der Waals surface area (Å²) in [6.45, 7) is 2.01. The van der Waals surface area contributed by atoms with Crippen molar-refractivity contribution in [2.45, 2.75) is 23.6 Å². The van der Waals surface area contributed by atoms with E-state index in [-0.39, 0.29) is 11.2 Å². The van der Waals surface area contributed by atoms with Crippen LogP contribution < -0.4 is 5.32 Å². The predicted octanol–water partition coefficient (Wildman–Crippen LogP) is 2.56. The lowest BCUT2D eigenvalue weighted by molar-refractivity contribution is -0.116. The average molecular weight is 229 g/mol. The van der Waals surface area contributed by atoms with Crippen LogP contribution in [0.15, 0.2) is 17.3 Å². The molecule has 0 aliphatic carbocycles. The Morgan fingerprint density at radius 2 is 2.50 bits per heavy atom. The highest BCUT2D eigenvalue weighted by Gasteiger charge is 2.19. The molecule has 1 aromatic heterocycles. The molecule has 5 heteroatoms. The molecule has 1 aliphatic rings. The van der Waals surface area contributed by atoms with E-state index in [1.807, 2.05) is 6.92 Å². The lowest BCUT2D eigenvalue weighted by atomic mass is 10.3. The maximum absolute atomic E-state index is 11.4. The first-order valence-corrected chi connectivity index (χ1v) is 5.53. The standard InChI is InChI=1S/C9H9ClN2OS/c1-5-2-8(13)12-7-3-6(10)4-11-9(7)14-5/h3-5H,2H2,1H3,(H,12,13). The quantitative estimate of drug-likeness (QED) is 0.742. The summed E-state index contributed by atoms with van der Waals surface area (Å²) in [4.78, 5) is 15.6. The zero-order chi connectivity index (χ0) is 10.1. The molecule has 1 aliphatic heterocycles. The van der Waals surface area contributed by atoms with Crippen LogP contribution in [-0.4, -0.2) is 16.1 Å². The van der Waals surface area contributed by atoms with Crippen LogP contribution in [-0.2, 0) is 4.79 Å². The number of amides is 1. The molecule has 0 spiro atoms. The minimum atomic E-state index is 0.0211. The number of fused-ring (bicyclic) bond motifs is 1. The molecule has 3 nitrogen and oxygen atoms in total. The van der Waals surface area contributed by atoms with Crippen LogP contribution in [0.4, 0.5) is 5.69 Å². The number of rotatable bonds is 0. The summed E-state index contributed by atoms with van der Waals surface area (Å²) in [7, 11) is 0. The van der Waals surface area contributed by atoms with E-state index in [1.54, 1.807) is 24.0 Å². The monoisotopic (exact) mass is 228 g/mol. The predicted molar refractivity (Wildman–Crippen MR) is 57.8 cm³/mol. The lowest BCUT2D eigenvalue weighted by Crippen LogP contribution is -2.13. The van der Waals surface area contributed by atoms with Gasteiger partial charge in [0.1, 0.15) is 5.03 Å². The van der Waals surface area contributed by atoms with Crippen LogP contribution in [0.2, 0.25) is 5.02 Å². The second-order valence-corrected chi connectivity index (χ2v) is 5.05. The van der Waals surface area contributed by atoms with Crippen LogP contribution in [0.5, 0.6) is 0 Å². The van der Waals surface area contributed by atoms with Gasteiger partial charge in [0.05, 0.1) is 10.7 Å². The first-order valence-electron chi connectivity index (χ1n) is 4.27. The molecular weight excluding hydrogens is 220 g/mol. The number of carbonyl (C=O) groups excluding carboxylic acids is 1. The van der Waals surface area contributed by atoms with Gasteiger partial charge in [-0.2, -0.15) is 0 Å². The van der Waals surface area contributed by atoms with Crippen molar-refractivity contribution in [1.82, 2.24) is 4.98 Å². The molecule has 74 valence electrons. The SMILES string of the molecule is CC1CC(=O)Nc2cc(Cl)cnc2S1. The molecule has 1 aromatic rings. The molecule has 14 heavy (non-hydrogen) atoms. The normalized spacial score (nSPS) is 21.0. The lowest BCUT2D eigenvalue weighted by Gasteiger charge is -2.05. The molecule has 2 heterocycles. The van der Waals surface area contributed by atoms with Gasteiger partial charge < -0.3 is 5.32 Å². The Morgan fingerprint density at radius 1 is 1.71 bits per heavy atom. The highest BCUT2D eigenvalue weighted by molar-refractivity contribution is 8.00. The number of thioether (sulfide) groups is 1. The number of anilines is 1. The number of hydrogen-bond donors (Lipinski definition) is 1. The number of pyridine rings is 1. The zero-order valence-corrected chi connectivity index (χ0v) is 9.15. The van der Waals surface area contributed by atoms with Crippen LogP contribution in [0.25, 0.3) is 0 Å². The molecule has 2 rings (SSSR count). The summed E-state index contributed by atoms with van der Waals surface area (Å²) in [6, 6.07) is 1.73. The summed E-state index contributed by atoms with van der Waals surface area (Å²) < 4.78 is 0. The Morgan fingerprint density at radius 3 is 3.29 bits per heavy atom. The van der Waals surface area contributed by atoms with E-state index in [0.29, 0.717) is 11.4 Å². The fraction of sp³-hybridized carbons (Fsp3) is 0.333. The van der Waals surface area contributed by atoms with E-state index in [4.69, 9.17) is 11.6 Å². The third-order valence-electron chi connectivity index (χ3n) is 1.88. The maximum atomic E-state index is 11.4. The van der Waals surface area contributed by atoms with Gasteiger partial charge in [0, 0.05) is 17.9 Å². The molecule has 0 aromatic carbocycles. The first-order chi connectivity index (χ1) is 6.65. The first kappa shape index (κ1) is 9.80. The van der Waals surface area contributed by atoms with Crippen LogP contribution >= 0.6 is 23.4 Å². The zero-order valence-electron chi connectivity index (χ0n) is 7.58. The van der Waals surface area contributed by atoms with Gasteiger partial charge in [-0.05, 0) is 6.07 Å². The van der Waals surface area contributed by atoms with Crippen molar-refractivity contribution < 1.29 is 4.79 Å². The Bertz CT molecular complexity index is 383. The fourth-order valence-electron chi connectivity index (χ4n) is 1.30. The number of nitrogens with one attached hydrogen (secondary N) is 1. The molecule has 0 saturated carbocycles. The number of halogens is 1. The van der Waals surface area contributed by atoms with Gasteiger partial charge in [0.2, 0.25) is 5.91 Å². The average Bonchev–Trinajstić information content (AvgIpc) is 2.21. The Balaban J connectivity index is 2.41. The van der Waals surface area contributed by atoms with Gasteiger partial charge in [0.15, 0.2) is 0 Å². The number of hydrogen-bond acceptors (Lipinski definition) is 3. The van der Waals surface area contributed by atoms with Crippen molar-refractivity contribution in [3.63, 3.8) is 0 Å². The summed E-state index contributed by atoms with van der Waals surface area (Å²) in [5.74, 6) is 0.0211. The number of aromatic nitrogens is 1. The van der Waals surface area contributed by atoms with E-state index in [1.165, 1.54) is 0 Å². The highest BCUT2D eigenvalue weighted by Crippen LogP contribution is 2.34. The smallest absolute Gasteiger partial charge is 0.225 e. The van der Waals surface area contributed by atoms with Crippen molar-refractivity contribution in [3.8, 4) is 0 Å². The Labute approximate surface area is 91.2 Å². The third-order valence-corrected chi connectivity index (χ3v) is 3.20. The summed E-state index contributed by atoms with van der Waals surface area (Å²) in [5.41, 5.74) is 0.719. The highest BCUT2D eigenvalue weighted by atomic mass is 35.5. The van der Waals surface area contributed by atoms with Gasteiger partial charge >= 0.3 is 0 Å². The molecule has 1 unspecified atom stereocenters. The summed E-state index contributed by atoms with van der Waals surface area (Å²) >= 11 is 7.38. The maximum Gasteiger partial charge on any atom is 0.225 e. The molecule has 0 saturated heterocycles. The molecule has 0 bridgehead atoms. The summed E-state index contributed by atoms with van der Waals surface area (Å²) in [5, 5.41) is 4.42. The molecule has 0 radical (unpaired) electrons. The molecule has 1 amide bonds. The van der Waals surface area contributed by atoms with Crippen LogP contribution in [0.3, 0.4) is 0 Å². The Kier molecular flexibility index (Phi) is 2.65. The van der Waals surface area contributed by atoms with Crippen molar-refractivity contribution >= 4 is 35.0 Å². The van der Waals surface area contributed by atoms with E-state index >= 15 is 0 Å². The molecule has 1 atom stereocenters. The van der Waals surface area contributed by atoms with Gasteiger partial charge in [-0.1, -0.05) is 18.5 Å². The van der Waals surface area contributed by atoms with Crippen molar-refractivity contribution in [1.29, 1.82) is 0 Å². The van der Waals surface area contributed by atoms with Gasteiger partial charge in [-0.15, -0.1) is 11.8 Å². The van der Waals surface area contributed by atoms with Gasteiger partial charge in [-0.25, -0.2) is 4.98 Å². The largest absolute Gasteiger partial charge is 0.324 e. The molecule has 1 N–H and O–H groups in total. The van der Waals surface area contributed by atoms with Crippen LogP contribution in [0, 0.1) is 0 Å². The number of nitrogens with zero attached hydrogens (tertiary/aromatic N) is 1. The topological polar surface area (TPSA) is 42.0 Å².